The molecule has 0 saturated heterocycles. The summed E-state index contributed by atoms with van der Waals surface area (Å²) >= 11 is 0. The van der Waals surface area contributed by atoms with E-state index in [0.29, 0.717) is 37.3 Å². The average Bonchev–Trinajstić information content (AvgIpc) is 3.71. The number of hydrogen-bond acceptors (Lipinski definition) is 5. The van der Waals surface area contributed by atoms with Gasteiger partial charge in [0.15, 0.2) is 0 Å². The van der Waals surface area contributed by atoms with Crippen molar-refractivity contribution in [2.45, 2.75) is 96.1 Å². The van der Waals surface area contributed by atoms with Crippen LogP contribution in [0, 0.1) is 25.7 Å². The number of aliphatic hydroxyl groups excluding tert-OH is 1. The number of ether oxygens (including phenoxy) is 1. The highest BCUT2D eigenvalue weighted by Gasteiger charge is 2.33. The number of nitrogens with zero attached hydrogens (tertiary/aromatic N) is 4. The van der Waals surface area contributed by atoms with Gasteiger partial charge in [-0.05, 0) is 125 Å². The average molecular weight is 557 g/mol. The molecule has 1 amide bonds. The Bertz CT molecular complexity index is 1360. The number of anilines is 1. The van der Waals surface area contributed by atoms with Gasteiger partial charge in [-0.3, -0.25) is 14.4 Å². The molecule has 0 spiro atoms. The zero-order chi connectivity index (χ0) is 28.5. The highest BCUT2D eigenvalue weighted by Crippen LogP contribution is 2.39. The largest absolute Gasteiger partial charge is 0.496 e. The Morgan fingerprint density at radius 1 is 0.976 bits per heavy atom. The molecule has 218 valence electrons. The van der Waals surface area contributed by atoms with Crippen molar-refractivity contribution in [1.29, 1.82) is 0 Å². The van der Waals surface area contributed by atoms with Crippen LogP contribution >= 0.6 is 0 Å². The van der Waals surface area contributed by atoms with Crippen LogP contribution in [0.4, 0.5) is 5.82 Å². The first-order valence-corrected chi connectivity index (χ1v) is 15.5. The van der Waals surface area contributed by atoms with Crippen LogP contribution in [-0.2, 0) is 4.79 Å². The van der Waals surface area contributed by atoms with Crippen molar-refractivity contribution >= 4 is 11.7 Å². The summed E-state index contributed by atoms with van der Waals surface area (Å²) in [6, 6.07) is 11.3. The van der Waals surface area contributed by atoms with E-state index >= 15 is 0 Å². The van der Waals surface area contributed by atoms with Crippen LogP contribution in [-0.4, -0.2) is 45.5 Å². The molecule has 3 saturated carbocycles. The Hall–Kier alpha value is -3.19. The van der Waals surface area contributed by atoms with Gasteiger partial charge < -0.3 is 9.84 Å². The first kappa shape index (κ1) is 28.0. The van der Waals surface area contributed by atoms with Gasteiger partial charge in [0, 0.05) is 29.9 Å². The number of amides is 1. The number of methoxy groups -OCH3 is 1. The van der Waals surface area contributed by atoms with Crippen molar-refractivity contribution in [1.82, 2.24) is 14.8 Å². The Balaban J connectivity index is 1.21. The molecule has 3 aliphatic rings. The lowest BCUT2D eigenvalue weighted by Crippen LogP contribution is -2.42. The molecule has 3 aliphatic carbocycles. The molecule has 2 heterocycles. The molecule has 0 bridgehead atoms. The van der Waals surface area contributed by atoms with E-state index < -0.39 is 0 Å². The maximum atomic E-state index is 14.1. The Morgan fingerprint density at radius 3 is 2.41 bits per heavy atom. The molecule has 0 aliphatic heterocycles. The molecule has 6 rings (SSSR count). The molecule has 7 nitrogen and oxygen atoms in total. The third-order valence-electron chi connectivity index (χ3n) is 9.56. The van der Waals surface area contributed by atoms with Gasteiger partial charge in [-0.2, -0.15) is 5.10 Å². The van der Waals surface area contributed by atoms with E-state index in [1.165, 1.54) is 24.0 Å². The summed E-state index contributed by atoms with van der Waals surface area (Å²) in [4.78, 5) is 21.0. The van der Waals surface area contributed by atoms with Crippen molar-refractivity contribution in [3.63, 3.8) is 0 Å². The summed E-state index contributed by atoms with van der Waals surface area (Å²) in [5.74, 6) is 2.79. The minimum atomic E-state index is -0.281. The molecular weight excluding hydrogens is 512 g/mol. The first-order chi connectivity index (χ1) is 19.9. The van der Waals surface area contributed by atoms with Gasteiger partial charge in [0.2, 0.25) is 5.91 Å². The molecule has 3 aromatic rings. The van der Waals surface area contributed by atoms with Gasteiger partial charge in [0.05, 0.1) is 25.5 Å². The molecular formula is C34H44N4O3. The summed E-state index contributed by atoms with van der Waals surface area (Å²) < 4.78 is 7.54. The van der Waals surface area contributed by atoms with Gasteiger partial charge in [0.1, 0.15) is 11.6 Å². The van der Waals surface area contributed by atoms with E-state index in [4.69, 9.17) is 9.72 Å². The highest BCUT2D eigenvalue weighted by atomic mass is 16.5. The number of aromatic nitrogens is 3. The molecule has 7 heteroatoms. The van der Waals surface area contributed by atoms with E-state index in [1.807, 2.05) is 18.0 Å². The molecule has 41 heavy (non-hydrogen) atoms. The number of hydrogen-bond donors (Lipinski definition) is 1. The van der Waals surface area contributed by atoms with Crippen molar-refractivity contribution in [2.75, 3.05) is 18.6 Å². The number of aliphatic hydroxyl groups is 1. The van der Waals surface area contributed by atoms with Crippen molar-refractivity contribution in [3.8, 4) is 16.9 Å². The van der Waals surface area contributed by atoms with Crippen molar-refractivity contribution < 1.29 is 14.6 Å². The lowest BCUT2D eigenvalue weighted by atomic mass is 9.78. The van der Waals surface area contributed by atoms with Gasteiger partial charge in [0.25, 0.3) is 0 Å². The number of carbonyl (C=O) groups is 1. The second-order valence-electron chi connectivity index (χ2n) is 12.7. The summed E-state index contributed by atoms with van der Waals surface area (Å²) in [5, 5.41) is 14.7. The Morgan fingerprint density at radius 2 is 1.73 bits per heavy atom. The molecule has 1 N–H and O–H groups in total. The van der Waals surface area contributed by atoms with Crippen molar-refractivity contribution in [3.05, 3.63) is 59.5 Å². The number of pyridine rings is 1. The third kappa shape index (κ3) is 6.35. The molecule has 1 aromatic carbocycles. The van der Waals surface area contributed by atoms with Gasteiger partial charge >= 0.3 is 0 Å². The normalized spacial score (nSPS) is 24.7. The van der Waals surface area contributed by atoms with Crippen LogP contribution in [0.15, 0.2) is 42.7 Å². The molecule has 0 radical (unpaired) electrons. The maximum absolute atomic E-state index is 14.1. The fourth-order valence-corrected chi connectivity index (χ4v) is 6.91. The summed E-state index contributed by atoms with van der Waals surface area (Å²) in [5.41, 5.74) is 5.63. The minimum absolute atomic E-state index is 0.0552. The predicted molar refractivity (Wildman–Crippen MR) is 161 cm³/mol. The SMILES string of the molecule is COc1ccc([C@H]2CC[C@H](CN(c3cc(-c4cnn(C5CC5)c4)cc(C)n3)C(=O)[C@H]3CC[C@H](O)CC3)CC2)cc1C. The predicted octanol–water partition coefficient (Wildman–Crippen LogP) is 6.76. The summed E-state index contributed by atoms with van der Waals surface area (Å²) in [6.45, 7) is 4.82. The van der Waals surface area contributed by atoms with E-state index in [0.717, 1.165) is 66.9 Å². The van der Waals surface area contributed by atoms with Gasteiger partial charge in [-0.25, -0.2) is 4.98 Å². The third-order valence-corrected chi connectivity index (χ3v) is 9.56. The van der Waals surface area contributed by atoms with Crippen LogP contribution in [0.25, 0.3) is 11.1 Å². The van der Waals surface area contributed by atoms with Crippen LogP contribution < -0.4 is 9.64 Å². The fourth-order valence-electron chi connectivity index (χ4n) is 6.91. The summed E-state index contributed by atoms with van der Waals surface area (Å²) in [6.07, 6.45) is 13.5. The quantitative estimate of drug-likeness (QED) is 0.331. The van der Waals surface area contributed by atoms with Gasteiger partial charge in [-0.1, -0.05) is 12.1 Å². The standard InChI is InChI=1S/C34H44N4O3/c1-22-16-27(10-15-32(22)41-3)25-6-4-24(5-7-25)20-37(34(40)26-8-13-31(39)14-9-26)33-18-28(17-23(2)36-33)29-19-35-38(21-29)30-11-12-30/h10,15-19,21,24-26,30-31,39H,4-9,11-14,20H2,1-3H3/t24-,25-,26-,31-. The molecule has 0 unspecified atom stereocenters. The van der Waals surface area contributed by atoms with E-state index in [-0.39, 0.29) is 17.9 Å². The van der Waals surface area contributed by atoms with E-state index in [1.54, 1.807) is 7.11 Å². The zero-order valence-corrected chi connectivity index (χ0v) is 24.8. The lowest BCUT2D eigenvalue weighted by molar-refractivity contribution is -0.124. The fraction of sp³-hybridized carbons (Fsp3) is 0.559. The van der Waals surface area contributed by atoms with Crippen LogP contribution in [0.5, 0.6) is 5.75 Å². The Labute approximate surface area is 243 Å². The molecule has 3 fully saturated rings. The smallest absolute Gasteiger partial charge is 0.231 e. The molecule has 0 atom stereocenters. The van der Waals surface area contributed by atoms with Gasteiger partial charge in [-0.15, -0.1) is 0 Å². The van der Waals surface area contributed by atoms with E-state index in [2.05, 4.69) is 53.2 Å². The second-order valence-corrected chi connectivity index (χ2v) is 12.7. The maximum Gasteiger partial charge on any atom is 0.231 e. The first-order valence-electron chi connectivity index (χ1n) is 15.5. The Kier molecular flexibility index (Phi) is 8.16. The monoisotopic (exact) mass is 556 g/mol. The second kappa shape index (κ2) is 12.0. The zero-order valence-electron chi connectivity index (χ0n) is 24.8. The lowest BCUT2D eigenvalue weighted by Gasteiger charge is -2.35. The number of benzene rings is 1. The number of carbonyl (C=O) groups excluding carboxylic acids is 1. The minimum Gasteiger partial charge on any atom is -0.496 e. The van der Waals surface area contributed by atoms with E-state index in [9.17, 15) is 9.90 Å². The van der Waals surface area contributed by atoms with Crippen LogP contribution in [0.3, 0.4) is 0 Å². The van der Waals surface area contributed by atoms with Crippen LogP contribution in [0.2, 0.25) is 0 Å². The highest BCUT2D eigenvalue weighted by molar-refractivity contribution is 5.95. The number of aryl methyl sites for hydroxylation is 2. The van der Waals surface area contributed by atoms with Crippen LogP contribution in [0.1, 0.15) is 93.0 Å². The summed E-state index contributed by atoms with van der Waals surface area (Å²) in [7, 11) is 1.73. The molecule has 2 aromatic heterocycles. The topological polar surface area (TPSA) is 80.5 Å². The number of rotatable bonds is 8. The van der Waals surface area contributed by atoms with Crippen molar-refractivity contribution in [2.24, 2.45) is 11.8 Å².